The highest BCUT2D eigenvalue weighted by atomic mass is 35.5. The Hall–Kier alpha value is -1.33. The predicted octanol–water partition coefficient (Wildman–Crippen LogP) is 3.03. The number of hydrogen-bond donors (Lipinski definition) is 3. The van der Waals surface area contributed by atoms with Gasteiger partial charge in [0.1, 0.15) is 0 Å². The molecule has 0 unspecified atom stereocenters. The summed E-state index contributed by atoms with van der Waals surface area (Å²) in [6.07, 6.45) is 4.85. The molecule has 4 nitrogen and oxygen atoms in total. The van der Waals surface area contributed by atoms with E-state index in [4.69, 9.17) is 23.8 Å². The summed E-state index contributed by atoms with van der Waals surface area (Å²) in [6, 6.07) is 7.07. The van der Waals surface area contributed by atoms with E-state index in [2.05, 4.69) is 23.1 Å². The van der Waals surface area contributed by atoms with Crippen molar-refractivity contribution >= 4 is 34.8 Å². The van der Waals surface area contributed by atoms with Gasteiger partial charge in [0.2, 0.25) is 0 Å². The molecule has 0 heterocycles. The summed E-state index contributed by atoms with van der Waals surface area (Å²) in [7, 11) is 0. The molecule has 21 heavy (non-hydrogen) atoms. The number of benzene rings is 1. The topological polar surface area (TPSA) is 53.2 Å². The van der Waals surface area contributed by atoms with E-state index in [1.165, 1.54) is 19.3 Å². The molecule has 3 N–H and O–H groups in total. The molecule has 1 aliphatic rings. The van der Waals surface area contributed by atoms with Crippen molar-refractivity contribution < 1.29 is 4.79 Å². The van der Waals surface area contributed by atoms with Gasteiger partial charge in [0.15, 0.2) is 5.11 Å². The first-order valence-electron chi connectivity index (χ1n) is 7.18. The largest absolute Gasteiger partial charge is 0.358 e. The molecule has 0 aliphatic heterocycles. The first-order chi connectivity index (χ1) is 10.1. The van der Waals surface area contributed by atoms with Gasteiger partial charge in [0, 0.05) is 16.6 Å². The van der Waals surface area contributed by atoms with Crippen LogP contribution in [0.3, 0.4) is 0 Å². The predicted molar refractivity (Wildman–Crippen MR) is 89.2 cm³/mol. The molecule has 1 aromatic rings. The van der Waals surface area contributed by atoms with Crippen LogP contribution in [0.25, 0.3) is 0 Å². The number of nitrogens with one attached hydrogen (secondary N) is 3. The van der Waals surface area contributed by atoms with Crippen molar-refractivity contribution in [3.05, 3.63) is 34.9 Å². The lowest BCUT2D eigenvalue weighted by Gasteiger charge is -2.30. The van der Waals surface area contributed by atoms with Gasteiger partial charge in [-0.05, 0) is 55.2 Å². The number of halogens is 1. The van der Waals surface area contributed by atoms with Gasteiger partial charge in [-0.3, -0.25) is 15.6 Å². The number of hydrogen-bond acceptors (Lipinski definition) is 2. The Kier molecular flexibility index (Phi) is 5.82. The first kappa shape index (κ1) is 16.0. The summed E-state index contributed by atoms with van der Waals surface area (Å²) in [5.41, 5.74) is 5.87. The Morgan fingerprint density at radius 3 is 2.52 bits per heavy atom. The third-order valence-corrected chi connectivity index (χ3v) is 4.30. The normalized spacial score (nSPS) is 21.4. The van der Waals surface area contributed by atoms with E-state index in [-0.39, 0.29) is 5.91 Å². The van der Waals surface area contributed by atoms with Crippen LogP contribution in [-0.2, 0) is 0 Å². The summed E-state index contributed by atoms with van der Waals surface area (Å²) in [5.74, 6) is 0.359. The summed E-state index contributed by atoms with van der Waals surface area (Å²) in [5, 5.41) is 4.32. The molecule has 0 saturated heterocycles. The molecule has 0 aromatic heterocycles. The van der Waals surface area contributed by atoms with Crippen molar-refractivity contribution in [1.82, 2.24) is 16.2 Å². The maximum absolute atomic E-state index is 11.9. The van der Waals surface area contributed by atoms with E-state index in [0.29, 0.717) is 27.7 Å². The minimum absolute atomic E-state index is 0.243. The van der Waals surface area contributed by atoms with Crippen molar-refractivity contribution in [2.75, 3.05) is 0 Å². The van der Waals surface area contributed by atoms with Crippen LogP contribution in [-0.4, -0.2) is 17.1 Å². The second kappa shape index (κ2) is 7.61. The van der Waals surface area contributed by atoms with Crippen LogP contribution in [0.1, 0.15) is 43.0 Å². The van der Waals surface area contributed by atoms with Crippen molar-refractivity contribution in [2.24, 2.45) is 5.92 Å². The Bertz CT molecular complexity index is 506. The molecule has 1 saturated carbocycles. The molecule has 0 bridgehead atoms. The molecule has 1 aliphatic carbocycles. The van der Waals surface area contributed by atoms with E-state index in [0.717, 1.165) is 6.42 Å². The number of hydrazine groups is 1. The highest BCUT2D eigenvalue weighted by Crippen LogP contribution is 2.23. The van der Waals surface area contributed by atoms with Gasteiger partial charge < -0.3 is 5.32 Å². The van der Waals surface area contributed by atoms with Gasteiger partial charge >= 0.3 is 0 Å². The summed E-state index contributed by atoms with van der Waals surface area (Å²) >= 11 is 11.0. The molecule has 0 spiro atoms. The van der Waals surface area contributed by atoms with Crippen molar-refractivity contribution in [1.29, 1.82) is 0 Å². The number of rotatable bonds is 2. The highest BCUT2D eigenvalue weighted by molar-refractivity contribution is 7.80. The van der Waals surface area contributed by atoms with Gasteiger partial charge in [0.25, 0.3) is 5.91 Å². The Labute approximate surface area is 135 Å². The molecular formula is C15H20ClN3OS. The lowest BCUT2D eigenvalue weighted by atomic mass is 9.86. The Balaban J connectivity index is 1.78. The number of thiocarbonyl (C=S) groups is 1. The summed E-state index contributed by atoms with van der Waals surface area (Å²) in [4.78, 5) is 11.9. The van der Waals surface area contributed by atoms with E-state index in [1.807, 2.05) is 0 Å². The van der Waals surface area contributed by atoms with Gasteiger partial charge in [-0.2, -0.15) is 0 Å². The fourth-order valence-corrected chi connectivity index (χ4v) is 2.85. The second-order valence-electron chi connectivity index (χ2n) is 5.43. The van der Waals surface area contributed by atoms with Crippen molar-refractivity contribution in [3.63, 3.8) is 0 Å². The number of amides is 1. The second-order valence-corrected chi connectivity index (χ2v) is 6.27. The standard InChI is InChI=1S/C15H20ClN3OS/c1-10-4-2-3-5-13(10)17-15(21)19-18-14(20)11-6-8-12(16)9-7-11/h6-10,13H,2-5H2,1H3,(H,18,20)(H2,17,19,21)/t10-,13-/m0/s1. The molecule has 114 valence electrons. The third-order valence-electron chi connectivity index (χ3n) is 3.82. The average Bonchev–Trinajstić information content (AvgIpc) is 2.48. The maximum Gasteiger partial charge on any atom is 0.269 e. The van der Waals surface area contributed by atoms with Gasteiger partial charge in [-0.1, -0.05) is 31.4 Å². The zero-order chi connectivity index (χ0) is 15.2. The van der Waals surface area contributed by atoms with Crippen molar-refractivity contribution in [3.8, 4) is 0 Å². The number of carbonyl (C=O) groups excluding carboxylic acids is 1. The smallest absolute Gasteiger partial charge is 0.269 e. The summed E-state index contributed by atoms with van der Waals surface area (Å²) < 4.78 is 0. The van der Waals surface area contributed by atoms with Gasteiger partial charge in [0.05, 0.1) is 0 Å². The van der Waals surface area contributed by atoms with Crippen LogP contribution >= 0.6 is 23.8 Å². The molecule has 1 amide bonds. The molecular weight excluding hydrogens is 306 g/mol. The zero-order valence-electron chi connectivity index (χ0n) is 12.0. The maximum atomic E-state index is 11.9. The lowest BCUT2D eigenvalue weighted by Crippen LogP contribution is -2.51. The summed E-state index contributed by atoms with van der Waals surface area (Å²) in [6.45, 7) is 2.23. The van der Waals surface area contributed by atoms with Gasteiger partial charge in [-0.25, -0.2) is 0 Å². The SMILES string of the molecule is C[C@H]1CCCC[C@@H]1NC(=S)NNC(=O)c1ccc(Cl)cc1. The Morgan fingerprint density at radius 2 is 1.86 bits per heavy atom. The molecule has 6 heteroatoms. The van der Waals surface area contributed by atoms with Crippen molar-refractivity contribution in [2.45, 2.75) is 38.6 Å². The lowest BCUT2D eigenvalue weighted by molar-refractivity contribution is 0.0943. The van der Waals surface area contributed by atoms with E-state index in [1.54, 1.807) is 24.3 Å². The van der Waals surface area contributed by atoms with Crippen LogP contribution in [0.5, 0.6) is 0 Å². The van der Waals surface area contributed by atoms with Crippen LogP contribution in [0.4, 0.5) is 0 Å². The molecule has 0 radical (unpaired) electrons. The van der Waals surface area contributed by atoms with E-state index < -0.39 is 0 Å². The fourth-order valence-electron chi connectivity index (χ4n) is 2.52. The first-order valence-corrected chi connectivity index (χ1v) is 7.97. The highest BCUT2D eigenvalue weighted by Gasteiger charge is 2.21. The Morgan fingerprint density at radius 1 is 1.19 bits per heavy atom. The van der Waals surface area contributed by atoms with Crippen LogP contribution in [0.2, 0.25) is 5.02 Å². The minimum atomic E-state index is -0.243. The van der Waals surface area contributed by atoms with E-state index in [9.17, 15) is 4.79 Å². The minimum Gasteiger partial charge on any atom is -0.358 e. The molecule has 1 aromatic carbocycles. The number of carbonyl (C=O) groups is 1. The van der Waals surface area contributed by atoms with Crippen LogP contribution in [0.15, 0.2) is 24.3 Å². The van der Waals surface area contributed by atoms with Gasteiger partial charge in [-0.15, -0.1) is 0 Å². The van der Waals surface area contributed by atoms with Crippen LogP contribution in [0, 0.1) is 5.92 Å². The molecule has 1 fully saturated rings. The fraction of sp³-hybridized carbons (Fsp3) is 0.467. The zero-order valence-corrected chi connectivity index (χ0v) is 13.6. The molecule has 2 rings (SSSR count). The monoisotopic (exact) mass is 325 g/mol. The third kappa shape index (κ3) is 4.86. The van der Waals surface area contributed by atoms with Crippen LogP contribution < -0.4 is 16.2 Å². The molecule has 2 atom stereocenters. The van der Waals surface area contributed by atoms with E-state index >= 15 is 0 Å². The quantitative estimate of drug-likeness (QED) is 0.578. The average molecular weight is 326 g/mol.